The van der Waals surface area contributed by atoms with Gasteiger partial charge in [-0.25, -0.2) is 0 Å². The van der Waals surface area contributed by atoms with Crippen molar-refractivity contribution in [2.75, 3.05) is 13.2 Å². The predicted molar refractivity (Wildman–Crippen MR) is 79.6 cm³/mol. The van der Waals surface area contributed by atoms with Gasteiger partial charge in [0, 0.05) is 4.70 Å². The predicted octanol–water partition coefficient (Wildman–Crippen LogP) is 4.12. The van der Waals surface area contributed by atoms with E-state index in [2.05, 4.69) is 0 Å². The second kappa shape index (κ2) is 6.16. The highest BCUT2D eigenvalue weighted by Crippen LogP contribution is 2.59. The van der Waals surface area contributed by atoms with Crippen LogP contribution in [0.5, 0.6) is 0 Å². The van der Waals surface area contributed by atoms with E-state index in [0.717, 1.165) is 15.6 Å². The first-order chi connectivity index (χ1) is 9.12. The molecule has 4 nitrogen and oxygen atoms in total. The monoisotopic (exact) mass is 299 g/mol. The van der Waals surface area contributed by atoms with Crippen LogP contribution in [0.25, 0.3) is 10.1 Å². The van der Waals surface area contributed by atoms with Gasteiger partial charge in [0.2, 0.25) is 0 Å². The van der Waals surface area contributed by atoms with Crippen LogP contribution in [0.1, 0.15) is 25.2 Å². The summed E-state index contributed by atoms with van der Waals surface area (Å²) in [4.78, 5) is 0. The van der Waals surface area contributed by atoms with E-state index in [-0.39, 0.29) is 0 Å². The van der Waals surface area contributed by atoms with E-state index < -0.39 is 13.4 Å². The Labute approximate surface area is 117 Å². The van der Waals surface area contributed by atoms with E-state index in [4.69, 9.17) is 14.8 Å². The van der Waals surface area contributed by atoms with Crippen molar-refractivity contribution in [2.45, 2.75) is 19.6 Å². The molecule has 0 aliphatic carbocycles. The van der Waals surface area contributed by atoms with Gasteiger partial charge in [-0.05, 0) is 36.2 Å². The summed E-state index contributed by atoms with van der Waals surface area (Å²) < 4.78 is 24.4. The largest absolute Gasteiger partial charge is 0.351 e. The van der Waals surface area contributed by atoms with Crippen LogP contribution >= 0.6 is 18.9 Å². The number of hydrogen-bond acceptors (Lipinski definition) is 5. The van der Waals surface area contributed by atoms with Gasteiger partial charge in [0.15, 0.2) is 0 Å². The van der Waals surface area contributed by atoms with Crippen molar-refractivity contribution in [1.82, 2.24) is 0 Å². The minimum atomic E-state index is -3.32. The molecular formula is C13H18NO3PS. The Balaban J connectivity index is 2.41. The Kier molecular flexibility index (Phi) is 4.76. The lowest BCUT2D eigenvalue weighted by Gasteiger charge is -2.23. The van der Waals surface area contributed by atoms with Gasteiger partial charge in [0.25, 0.3) is 0 Å². The van der Waals surface area contributed by atoms with E-state index >= 15 is 0 Å². The van der Waals surface area contributed by atoms with Crippen LogP contribution in [-0.4, -0.2) is 13.2 Å². The number of hydrogen-bond donors (Lipinski definition) is 1. The Bertz CT molecular complexity index is 588. The SMILES string of the molecule is CCOP(=O)(OCC)[C@H](N)c1csc2ccccc12. The molecule has 2 aromatic rings. The Hall–Kier alpha value is -0.710. The van der Waals surface area contributed by atoms with E-state index in [0.29, 0.717) is 13.2 Å². The van der Waals surface area contributed by atoms with Gasteiger partial charge in [-0.3, -0.25) is 4.57 Å². The lowest BCUT2D eigenvalue weighted by atomic mass is 10.2. The molecule has 0 radical (unpaired) electrons. The average molecular weight is 299 g/mol. The second-order valence-electron chi connectivity index (χ2n) is 4.01. The molecule has 2 rings (SSSR count). The van der Waals surface area contributed by atoms with Crippen molar-refractivity contribution in [1.29, 1.82) is 0 Å². The fraction of sp³-hybridized carbons (Fsp3) is 0.385. The van der Waals surface area contributed by atoms with Crippen LogP contribution in [0.4, 0.5) is 0 Å². The topological polar surface area (TPSA) is 61.5 Å². The molecule has 1 atom stereocenters. The Morgan fingerprint density at radius 3 is 2.53 bits per heavy atom. The van der Waals surface area contributed by atoms with Crippen molar-refractivity contribution < 1.29 is 13.6 Å². The summed E-state index contributed by atoms with van der Waals surface area (Å²) in [6.07, 6.45) is 0. The quantitative estimate of drug-likeness (QED) is 0.815. The van der Waals surface area contributed by atoms with Gasteiger partial charge in [-0.2, -0.15) is 0 Å². The lowest BCUT2D eigenvalue weighted by Crippen LogP contribution is -2.14. The fourth-order valence-corrected chi connectivity index (χ4v) is 4.72. The van der Waals surface area contributed by atoms with Gasteiger partial charge in [-0.1, -0.05) is 18.2 Å². The summed E-state index contributed by atoms with van der Waals surface area (Å²) in [5.74, 6) is -0.747. The van der Waals surface area contributed by atoms with E-state index in [9.17, 15) is 4.57 Å². The van der Waals surface area contributed by atoms with Crippen LogP contribution in [0.2, 0.25) is 0 Å². The highest BCUT2D eigenvalue weighted by atomic mass is 32.1. The molecule has 0 saturated heterocycles. The molecule has 0 bridgehead atoms. The maximum atomic E-state index is 12.7. The third-order valence-electron chi connectivity index (χ3n) is 2.79. The lowest BCUT2D eigenvalue weighted by molar-refractivity contribution is 0.212. The van der Waals surface area contributed by atoms with Crippen molar-refractivity contribution in [2.24, 2.45) is 5.73 Å². The normalized spacial score (nSPS) is 13.8. The van der Waals surface area contributed by atoms with Crippen molar-refractivity contribution in [3.05, 3.63) is 35.2 Å². The molecular weight excluding hydrogens is 281 g/mol. The molecule has 0 aliphatic rings. The van der Waals surface area contributed by atoms with Crippen LogP contribution < -0.4 is 5.73 Å². The van der Waals surface area contributed by atoms with Crippen LogP contribution in [0.15, 0.2) is 29.6 Å². The van der Waals surface area contributed by atoms with Crippen molar-refractivity contribution >= 4 is 29.0 Å². The molecule has 19 heavy (non-hydrogen) atoms. The summed E-state index contributed by atoms with van der Waals surface area (Å²) in [5.41, 5.74) is 6.97. The zero-order valence-corrected chi connectivity index (χ0v) is 12.7. The highest BCUT2D eigenvalue weighted by Gasteiger charge is 2.35. The summed E-state index contributed by atoms with van der Waals surface area (Å²) in [6.45, 7) is 4.19. The van der Waals surface area contributed by atoms with Gasteiger partial charge >= 0.3 is 7.60 Å². The van der Waals surface area contributed by atoms with Gasteiger partial charge in [0.05, 0.1) is 13.2 Å². The van der Waals surface area contributed by atoms with E-state index in [1.165, 1.54) is 0 Å². The molecule has 6 heteroatoms. The van der Waals surface area contributed by atoms with Crippen LogP contribution in [-0.2, 0) is 13.6 Å². The molecule has 0 amide bonds. The van der Waals surface area contributed by atoms with Gasteiger partial charge in [-0.15, -0.1) is 11.3 Å². The third-order valence-corrected chi connectivity index (χ3v) is 5.97. The molecule has 0 spiro atoms. The molecule has 104 valence electrons. The number of rotatable bonds is 6. The number of fused-ring (bicyclic) bond motifs is 1. The number of benzene rings is 1. The molecule has 0 aliphatic heterocycles. The molecule has 2 N–H and O–H groups in total. The van der Waals surface area contributed by atoms with Crippen LogP contribution in [0, 0.1) is 0 Å². The van der Waals surface area contributed by atoms with Gasteiger partial charge in [0.1, 0.15) is 5.78 Å². The average Bonchev–Trinajstić information content (AvgIpc) is 2.82. The summed E-state index contributed by atoms with van der Waals surface area (Å²) >= 11 is 1.58. The molecule has 1 aromatic carbocycles. The number of nitrogens with two attached hydrogens (primary N) is 1. The third kappa shape index (κ3) is 2.91. The van der Waals surface area contributed by atoms with Crippen molar-refractivity contribution in [3.63, 3.8) is 0 Å². The smallest absolute Gasteiger partial charge is 0.314 e. The number of thiophene rings is 1. The maximum absolute atomic E-state index is 12.7. The molecule has 0 fully saturated rings. The summed E-state index contributed by atoms with van der Waals surface area (Å²) in [7, 11) is -3.32. The highest BCUT2D eigenvalue weighted by molar-refractivity contribution is 7.54. The molecule has 1 heterocycles. The minimum Gasteiger partial charge on any atom is -0.314 e. The minimum absolute atomic E-state index is 0.313. The first-order valence-corrected chi connectivity index (χ1v) is 8.72. The first kappa shape index (κ1) is 14.7. The Morgan fingerprint density at radius 1 is 1.26 bits per heavy atom. The maximum Gasteiger partial charge on any atom is 0.351 e. The zero-order chi connectivity index (χ0) is 13.9. The molecule has 0 unspecified atom stereocenters. The summed E-state index contributed by atoms with van der Waals surface area (Å²) in [5, 5.41) is 2.94. The first-order valence-electron chi connectivity index (χ1n) is 6.23. The Morgan fingerprint density at radius 2 is 1.89 bits per heavy atom. The van der Waals surface area contributed by atoms with Crippen molar-refractivity contribution in [3.8, 4) is 0 Å². The van der Waals surface area contributed by atoms with Gasteiger partial charge < -0.3 is 14.8 Å². The fourth-order valence-electron chi connectivity index (χ4n) is 1.96. The molecule has 1 aromatic heterocycles. The molecule has 0 saturated carbocycles. The second-order valence-corrected chi connectivity index (χ2v) is 7.07. The zero-order valence-electron chi connectivity index (χ0n) is 11.0. The van der Waals surface area contributed by atoms with E-state index in [1.54, 1.807) is 25.2 Å². The van der Waals surface area contributed by atoms with E-state index in [1.807, 2.05) is 29.6 Å². The van der Waals surface area contributed by atoms with Crippen LogP contribution in [0.3, 0.4) is 0 Å². The standard InChI is InChI=1S/C13H18NO3PS/c1-3-16-18(15,17-4-2)13(14)11-9-19-12-8-6-5-7-10(11)12/h5-9,13H,3-4,14H2,1-2H3/t13-/m0/s1. The summed E-state index contributed by atoms with van der Waals surface area (Å²) in [6, 6.07) is 7.90.